The van der Waals surface area contributed by atoms with E-state index in [9.17, 15) is 4.79 Å². The molecule has 80 valence electrons. The van der Waals surface area contributed by atoms with E-state index in [4.69, 9.17) is 17.3 Å². The fraction of sp³-hybridized carbons (Fsp3) is 0. The number of nitrogen functional groups attached to an aromatic ring is 1. The molecule has 2 rings (SSSR count). The topological polar surface area (TPSA) is 43.1 Å². The highest BCUT2D eigenvalue weighted by molar-refractivity contribution is 6.67. The summed E-state index contributed by atoms with van der Waals surface area (Å²) in [5.74, 6) is 0. The number of halogens is 1. The van der Waals surface area contributed by atoms with Crippen molar-refractivity contribution < 1.29 is 4.79 Å². The van der Waals surface area contributed by atoms with Gasteiger partial charge in [0.25, 0.3) is 5.24 Å². The largest absolute Gasteiger partial charge is 0.398 e. The summed E-state index contributed by atoms with van der Waals surface area (Å²) in [6.07, 6.45) is 0. The lowest BCUT2D eigenvalue weighted by molar-refractivity contribution is 0.108. The molecular formula is C13H10ClNO. The second kappa shape index (κ2) is 4.37. The summed E-state index contributed by atoms with van der Waals surface area (Å²) in [7, 11) is 0. The molecule has 0 aliphatic rings. The van der Waals surface area contributed by atoms with E-state index in [2.05, 4.69) is 0 Å². The molecule has 0 amide bonds. The predicted octanol–water partition coefficient (Wildman–Crippen LogP) is 3.31. The number of nitrogens with two attached hydrogens (primary N) is 1. The molecule has 0 aliphatic heterocycles. The van der Waals surface area contributed by atoms with Crippen LogP contribution in [0.3, 0.4) is 0 Å². The van der Waals surface area contributed by atoms with Gasteiger partial charge in [0.15, 0.2) is 0 Å². The average Bonchev–Trinajstić information content (AvgIpc) is 2.30. The van der Waals surface area contributed by atoms with Gasteiger partial charge in [-0.1, -0.05) is 36.4 Å². The van der Waals surface area contributed by atoms with Gasteiger partial charge in [-0.05, 0) is 29.3 Å². The summed E-state index contributed by atoms with van der Waals surface area (Å²) < 4.78 is 0. The summed E-state index contributed by atoms with van der Waals surface area (Å²) in [5.41, 5.74) is 8.82. The molecule has 2 aromatic rings. The number of hydrogen-bond donors (Lipinski definition) is 1. The van der Waals surface area contributed by atoms with Crippen LogP contribution in [0.1, 0.15) is 10.4 Å². The first-order valence-electron chi connectivity index (χ1n) is 4.83. The Labute approximate surface area is 98.7 Å². The van der Waals surface area contributed by atoms with Crippen molar-refractivity contribution in [2.75, 3.05) is 5.73 Å². The third kappa shape index (κ3) is 2.07. The molecule has 0 atom stereocenters. The molecule has 0 aromatic heterocycles. The predicted molar refractivity (Wildman–Crippen MR) is 66.5 cm³/mol. The lowest BCUT2D eigenvalue weighted by Crippen LogP contribution is -1.92. The lowest BCUT2D eigenvalue weighted by Gasteiger charge is -2.06. The van der Waals surface area contributed by atoms with Crippen LogP contribution >= 0.6 is 11.6 Å². The van der Waals surface area contributed by atoms with Gasteiger partial charge in [-0.3, -0.25) is 4.79 Å². The van der Waals surface area contributed by atoms with Gasteiger partial charge in [0.2, 0.25) is 0 Å². The molecule has 2 N–H and O–H groups in total. The number of rotatable bonds is 2. The third-order valence-corrected chi connectivity index (χ3v) is 2.58. The number of hydrogen-bond acceptors (Lipinski definition) is 2. The Balaban J connectivity index is 2.53. The van der Waals surface area contributed by atoms with Crippen LogP contribution in [0, 0.1) is 0 Å². The van der Waals surface area contributed by atoms with E-state index in [0.29, 0.717) is 11.3 Å². The highest BCUT2D eigenvalue weighted by Crippen LogP contribution is 2.26. The number of para-hydroxylation sites is 1. The number of benzene rings is 2. The van der Waals surface area contributed by atoms with Gasteiger partial charge >= 0.3 is 0 Å². The van der Waals surface area contributed by atoms with Crippen LogP contribution < -0.4 is 5.73 Å². The molecule has 0 bridgehead atoms. The van der Waals surface area contributed by atoms with Crippen LogP contribution in [-0.4, -0.2) is 5.24 Å². The molecule has 0 saturated heterocycles. The van der Waals surface area contributed by atoms with Gasteiger partial charge in [0.1, 0.15) is 0 Å². The van der Waals surface area contributed by atoms with Crippen molar-refractivity contribution in [2.24, 2.45) is 0 Å². The van der Waals surface area contributed by atoms with E-state index in [0.717, 1.165) is 11.1 Å². The molecular weight excluding hydrogens is 222 g/mol. The Hall–Kier alpha value is -1.80. The Morgan fingerprint density at radius 1 is 1.06 bits per heavy atom. The van der Waals surface area contributed by atoms with Crippen LogP contribution in [0.2, 0.25) is 0 Å². The minimum Gasteiger partial charge on any atom is -0.398 e. The van der Waals surface area contributed by atoms with Gasteiger partial charge in [-0.25, -0.2) is 0 Å². The van der Waals surface area contributed by atoms with Crippen LogP contribution in [0.15, 0.2) is 48.5 Å². The molecule has 0 heterocycles. The van der Waals surface area contributed by atoms with Crippen LogP contribution in [0.5, 0.6) is 0 Å². The van der Waals surface area contributed by atoms with Crippen molar-refractivity contribution in [2.45, 2.75) is 0 Å². The Morgan fingerprint density at radius 2 is 1.81 bits per heavy atom. The van der Waals surface area contributed by atoms with Crippen molar-refractivity contribution in [3.8, 4) is 11.1 Å². The quantitative estimate of drug-likeness (QED) is 0.637. The molecule has 0 fully saturated rings. The molecule has 0 unspecified atom stereocenters. The maximum atomic E-state index is 11.0. The average molecular weight is 232 g/mol. The van der Waals surface area contributed by atoms with Crippen molar-refractivity contribution in [3.63, 3.8) is 0 Å². The Kier molecular flexibility index (Phi) is 2.93. The van der Waals surface area contributed by atoms with E-state index in [1.807, 2.05) is 30.3 Å². The molecule has 3 heteroatoms. The second-order valence-corrected chi connectivity index (χ2v) is 3.79. The first-order valence-corrected chi connectivity index (χ1v) is 5.21. The normalized spacial score (nSPS) is 10.1. The third-order valence-electron chi connectivity index (χ3n) is 2.36. The fourth-order valence-corrected chi connectivity index (χ4v) is 1.69. The van der Waals surface area contributed by atoms with E-state index < -0.39 is 5.24 Å². The minimum absolute atomic E-state index is 0.462. The van der Waals surface area contributed by atoms with E-state index in [1.54, 1.807) is 18.2 Å². The van der Waals surface area contributed by atoms with E-state index in [-0.39, 0.29) is 0 Å². The van der Waals surface area contributed by atoms with Crippen LogP contribution in [0.25, 0.3) is 11.1 Å². The molecule has 0 aliphatic carbocycles. The van der Waals surface area contributed by atoms with Gasteiger partial charge in [-0.15, -0.1) is 0 Å². The maximum absolute atomic E-state index is 11.0. The molecule has 2 nitrogen and oxygen atoms in total. The zero-order chi connectivity index (χ0) is 11.5. The van der Waals surface area contributed by atoms with Crippen molar-refractivity contribution in [3.05, 3.63) is 54.1 Å². The standard InChI is InChI=1S/C13H10ClNO/c14-13(16)10-5-3-4-9(8-10)11-6-1-2-7-12(11)15/h1-8H,15H2. The SMILES string of the molecule is Nc1ccccc1-c1cccc(C(=O)Cl)c1. The van der Waals surface area contributed by atoms with Crippen molar-refractivity contribution in [1.29, 1.82) is 0 Å². The molecule has 0 radical (unpaired) electrons. The summed E-state index contributed by atoms with van der Waals surface area (Å²) in [4.78, 5) is 11.0. The first kappa shape index (κ1) is 10.7. The van der Waals surface area contributed by atoms with Crippen LogP contribution in [0.4, 0.5) is 5.69 Å². The van der Waals surface area contributed by atoms with Crippen molar-refractivity contribution in [1.82, 2.24) is 0 Å². The Morgan fingerprint density at radius 3 is 2.50 bits per heavy atom. The van der Waals surface area contributed by atoms with E-state index in [1.165, 1.54) is 0 Å². The summed E-state index contributed by atoms with van der Waals surface area (Å²) >= 11 is 5.43. The van der Waals surface area contributed by atoms with Gasteiger partial charge in [0, 0.05) is 16.8 Å². The smallest absolute Gasteiger partial charge is 0.252 e. The van der Waals surface area contributed by atoms with Gasteiger partial charge in [-0.2, -0.15) is 0 Å². The zero-order valence-electron chi connectivity index (χ0n) is 8.48. The molecule has 0 saturated carbocycles. The highest BCUT2D eigenvalue weighted by Gasteiger charge is 2.05. The van der Waals surface area contributed by atoms with Crippen molar-refractivity contribution >= 4 is 22.5 Å². The minimum atomic E-state index is -0.462. The van der Waals surface area contributed by atoms with Gasteiger partial charge in [0.05, 0.1) is 0 Å². The summed E-state index contributed by atoms with van der Waals surface area (Å²) in [5, 5.41) is -0.462. The lowest BCUT2D eigenvalue weighted by atomic mass is 10.0. The number of carbonyl (C=O) groups is 1. The van der Waals surface area contributed by atoms with Crippen LogP contribution in [-0.2, 0) is 0 Å². The fourth-order valence-electron chi connectivity index (χ4n) is 1.57. The summed E-state index contributed by atoms with van der Waals surface area (Å²) in [6.45, 7) is 0. The first-order chi connectivity index (χ1) is 7.68. The van der Waals surface area contributed by atoms with Gasteiger partial charge < -0.3 is 5.73 Å². The zero-order valence-corrected chi connectivity index (χ0v) is 9.24. The maximum Gasteiger partial charge on any atom is 0.252 e. The van der Waals surface area contributed by atoms with E-state index >= 15 is 0 Å². The molecule has 2 aromatic carbocycles. The Bertz CT molecular complexity index is 537. The number of anilines is 1. The highest BCUT2D eigenvalue weighted by atomic mass is 35.5. The monoisotopic (exact) mass is 231 g/mol. The molecule has 0 spiro atoms. The second-order valence-electron chi connectivity index (χ2n) is 3.44. The number of carbonyl (C=O) groups excluding carboxylic acids is 1. The summed E-state index contributed by atoms with van der Waals surface area (Å²) in [6, 6.07) is 14.6. The molecule has 16 heavy (non-hydrogen) atoms.